The Balaban J connectivity index is 1.99. The van der Waals surface area contributed by atoms with E-state index in [1.165, 1.54) is 5.56 Å². The fourth-order valence-electron chi connectivity index (χ4n) is 1.52. The highest BCUT2D eigenvalue weighted by Gasteiger charge is 1.83. The second-order valence-corrected chi connectivity index (χ2v) is 3.74. The third-order valence-electron chi connectivity index (χ3n) is 2.40. The molecule has 0 aliphatic rings. The summed E-state index contributed by atoms with van der Waals surface area (Å²) in [6, 6.07) is 20.5. The van der Waals surface area contributed by atoms with Crippen LogP contribution in [0.5, 0.6) is 0 Å². The number of hydrogen-bond acceptors (Lipinski definition) is 0. The Morgan fingerprint density at radius 2 is 1.41 bits per heavy atom. The van der Waals surface area contributed by atoms with E-state index >= 15 is 0 Å². The molecular formula is C17H14. The zero-order valence-electron chi connectivity index (χ0n) is 9.64. The van der Waals surface area contributed by atoms with Crippen LogP contribution in [0.25, 0.3) is 6.08 Å². The highest BCUT2D eigenvalue weighted by molar-refractivity contribution is 5.47. The molecule has 0 aliphatic heterocycles. The SMILES string of the molecule is C(=C=Cc1ccccc1)=CCc1ccccc1. The summed E-state index contributed by atoms with van der Waals surface area (Å²) in [7, 11) is 0. The molecule has 0 radical (unpaired) electrons. The van der Waals surface area contributed by atoms with Gasteiger partial charge in [-0.15, -0.1) is 0 Å². The third kappa shape index (κ3) is 4.01. The van der Waals surface area contributed by atoms with Crippen molar-refractivity contribution < 1.29 is 0 Å². The molecule has 0 unspecified atom stereocenters. The van der Waals surface area contributed by atoms with Gasteiger partial charge in [-0.1, -0.05) is 72.1 Å². The van der Waals surface area contributed by atoms with E-state index in [-0.39, 0.29) is 0 Å². The summed E-state index contributed by atoms with van der Waals surface area (Å²) in [5.74, 6) is 0. The summed E-state index contributed by atoms with van der Waals surface area (Å²) in [4.78, 5) is 0. The molecule has 2 aromatic rings. The molecule has 0 saturated heterocycles. The first-order valence-corrected chi connectivity index (χ1v) is 5.70. The normalized spacial score (nSPS) is 8.94. The lowest BCUT2D eigenvalue weighted by Crippen LogP contribution is -1.76. The van der Waals surface area contributed by atoms with Crippen molar-refractivity contribution in [2.45, 2.75) is 6.42 Å². The Hall–Kier alpha value is -2.26. The van der Waals surface area contributed by atoms with Gasteiger partial charge in [-0.05, 0) is 29.7 Å². The van der Waals surface area contributed by atoms with Crippen molar-refractivity contribution in [3.05, 3.63) is 89.3 Å². The second kappa shape index (κ2) is 6.35. The van der Waals surface area contributed by atoms with Crippen molar-refractivity contribution in [3.8, 4) is 0 Å². The number of hydrogen-bond donors (Lipinski definition) is 0. The van der Waals surface area contributed by atoms with Crippen LogP contribution in [0.2, 0.25) is 0 Å². The van der Waals surface area contributed by atoms with Crippen molar-refractivity contribution >= 4 is 6.08 Å². The molecule has 0 aliphatic carbocycles. The Morgan fingerprint density at radius 3 is 2.12 bits per heavy atom. The Morgan fingerprint density at radius 1 is 0.765 bits per heavy atom. The van der Waals surface area contributed by atoms with Crippen LogP contribution in [-0.4, -0.2) is 0 Å². The minimum Gasteiger partial charge on any atom is -0.0743 e. The summed E-state index contributed by atoms with van der Waals surface area (Å²) < 4.78 is 0. The van der Waals surface area contributed by atoms with Gasteiger partial charge in [0.05, 0.1) is 0 Å². The minimum atomic E-state index is 0.899. The van der Waals surface area contributed by atoms with Crippen LogP contribution in [0.15, 0.2) is 78.2 Å². The van der Waals surface area contributed by atoms with Gasteiger partial charge in [0.25, 0.3) is 0 Å². The number of rotatable bonds is 3. The quantitative estimate of drug-likeness (QED) is 0.675. The predicted molar refractivity (Wildman–Crippen MR) is 72.6 cm³/mol. The molecule has 2 aromatic carbocycles. The van der Waals surface area contributed by atoms with Gasteiger partial charge in [-0.2, -0.15) is 0 Å². The van der Waals surface area contributed by atoms with Gasteiger partial charge in [-0.3, -0.25) is 0 Å². The van der Waals surface area contributed by atoms with Gasteiger partial charge >= 0.3 is 0 Å². The van der Waals surface area contributed by atoms with Gasteiger partial charge in [0.15, 0.2) is 0 Å². The molecule has 82 valence electrons. The highest BCUT2D eigenvalue weighted by Crippen LogP contribution is 2.00. The maximum Gasteiger partial charge on any atom is -0.00148 e. The zero-order chi connectivity index (χ0) is 11.8. The van der Waals surface area contributed by atoms with E-state index in [1.54, 1.807) is 0 Å². The molecule has 2 rings (SSSR count). The molecule has 0 N–H and O–H groups in total. The van der Waals surface area contributed by atoms with Crippen molar-refractivity contribution in [2.75, 3.05) is 0 Å². The van der Waals surface area contributed by atoms with Gasteiger partial charge in [0.2, 0.25) is 0 Å². The van der Waals surface area contributed by atoms with Gasteiger partial charge < -0.3 is 0 Å². The monoisotopic (exact) mass is 218 g/mol. The van der Waals surface area contributed by atoms with Gasteiger partial charge in [-0.25, -0.2) is 0 Å². The standard InChI is InChI=1S/C17H14/c1-4-10-16(11-5-1)14-8-3-9-15-17-12-6-2-7-13-17/h1-2,4-8,10-13,15H,14H2. The predicted octanol–water partition coefficient (Wildman–Crippen LogP) is 4.25. The van der Waals surface area contributed by atoms with Crippen LogP contribution in [-0.2, 0) is 6.42 Å². The molecule has 0 heteroatoms. The summed E-state index contributed by atoms with van der Waals surface area (Å²) >= 11 is 0. The van der Waals surface area contributed by atoms with E-state index in [9.17, 15) is 0 Å². The Kier molecular flexibility index (Phi) is 4.20. The molecular weight excluding hydrogens is 204 g/mol. The maximum absolute atomic E-state index is 3.05. The fourth-order valence-corrected chi connectivity index (χ4v) is 1.52. The summed E-state index contributed by atoms with van der Waals surface area (Å²) in [5, 5.41) is 0. The lowest BCUT2D eigenvalue weighted by Gasteiger charge is -1.91. The van der Waals surface area contributed by atoms with E-state index in [0.717, 1.165) is 12.0 Å². The van der Waals surface area contributed by atoms with E-state index in [1.807, 2.05) is 60.7 Å². The van der Waals surface area contributed by atoms with Gasteiger partial charge in [0.1, 0.15) is 0 Å². The number of allylic oxidation sites excluding steroid dienone is 1. The Bertz CT molecular complexity index is 537. The lowest BCUT2D eigenvalue weighted by atomic mass is 10.1. The van der Waals surface area contributed by atoms with Crippen molar-refractivity contribution in [2.24, 2.45) is 0 Å². The molecule has 0 nitrogen and oxygen atoms in total. The lowest BCUT2D eigenvalue weighted by molar-refractivity contribution is 1.28. The Labute approximate surface area is 102 Å². The molecule has 0 aromatic heterocycles. The highest BCUT2D eigenvalue weighted by atomic mass is 13.9. The third-order valence-corrected chi connectivity index (χ3v) is 2.40. The average molecular weight is 218 g/mol. The fraction of sp³-hybridized carbons (Fsp3) is 0.0588. The molecule has 0 heterocycles. The maximum atomic E-state index is 3.05. The summed E-state index contributed by atoms with van der Waals surface area (Å²) in [5.41, 5.74) is 8.53. The molecule has 17 heavy (non-hydrogen) atoms. The van der Waals surface area contributed by atoms with Crippen molar-refractivity contribution in [1.29, 1.82) is 0 Å². The molecule has 0 spiro atoms. The van der Waals surface area contributed by atoms with E-state index in [2.05, 4.69) is 23.6 Å². The smallest absolute Gasteiger partial charge is 0.00148 e. The molecule has 0 atom stereocenters. The van der Waals surface area contributed by atoms with E-state index in [4.69, 9.17) is 0 Å². The zero-order valence-corrected chi connectivity index (χ0v) is 9.64. The average Bonchev–Trinajstić information content (AvgIpc) is 2.41. The van der Waals surface area contributed by atoms with Crippen LogP contribution in [0.4, 0.5) is 0 Å². The summed E-state index contributed by atoms with van der Waals surface area (Å²) in [6.45, 7) is 0. The molecule has 0 saturated carbocycles. The van der Waals surface area contributed by atoms with E-state index in [0.29, 0.717) is 0 Å². The topological polar surface area (TPSA) is 0 Å². The first-order chi connectivity index (χ1) is 8.45. The van der Waals surface area contributed by atoms with Crippen LogP contribution in [0, 0.1) is 0 Å². The second-order valence-electron chi connectivity index (χ2n) is 3.74. The van der Waals surface area contributed by atoms with Crippen LogP contribution < -0.4 is 0 Å². The van der Waals surface area contributed by atoms with Crippen LogP contribution >= 0.6 is 0 Å². The van der Waals surface area contributed by atoms with Crippen LogP contribution in [0.1, 0.15) is 11.1 Å². The van der Waals surface area contributed by atoms with Crippen LogP contribution in [0.3, 0.4) is 0 Å². The molecule has 0 bridgehead atoms. The van der Waals surface area contributed by atoms with Gasteiger partial charge in [0, 0.05) is 0 Å². The minimum absolute atomic E-state index is 0.899. The largest absolute Gasteiger partial charge is 0.0743 e. The first-order valence-electron chi connectivity index (χ1n) is 5.70. The van der Waals surface area contributed by atoms with Crippen molar-refractivity contribution in [3.63, 3.8) is 0 Å². The van der Waals surface area contributed by atoms with Crippen molar-refractivity contribution in [1.82, 2.24) is 0 Å². The molecule has 0 amide bonds. The first kappa shape index (κ1) is 11.2. The number of benzene rings is 2. The van der Waals surface area contributed by atoms with E-state index < -0.39 is 0 Å². The summed E-state index contributed by atoms with van der Waals surface area (Å²) in [6.07, 6.45) is 4.83. The molecule has 0 fully saturated rings.